The second-order valence-corrected chi connectivity index (χ2v) is 8.95. The van der Waals surface area contributed by atoms with Crippen LogP contribution in [0.25, 0.3) is 0 Å². The van der Waals surface area contributed by atoms with Crippen LogP contribution in [-0.2, 0) is 0 Å². The lowest BCUT2D eigenvalue weighted by Gasteiger charge is -2.46. The van der Waals surface area contributed by atoms with Crippen molar-refractivity contribution < 1.29 is 9.53 Å². The average molecular weight is 450 g/mol. The van der Waals surface area contributed by atoms with Crippen molar-refractivity contribution in [2.75, 3.05) is 37.3 Å². The van der Waals surface area contributed by atoms with E-state index in [2.05, 4.69) is 27.0 Å². The van der Waals surface area contributed by atoms with Gasteiger partial charge in [0, 0.05) is 37.4 Å². The van der Waals surface area contributed by atoms with Gasteiger partial charge in [-0.1, -0.05) is 24.3 Å². The van der Waals surface area contributed by atoms with Crippen LogP contribution in [0, 0.1) is 0 Å². The Morgan fingerprint density at radius 1 is 1.15 bits per heavy atom. The summed E-state index contributed by atoms with van der Waals surface area (Å²) in [6.07, 6.45) is 6.03. The number of rotatable bonds is 6. The number of nitrogens with zero attached hydrogens (tertiary/aromatic N) is 3. The molecule has 1 spiro atoms. The number of aliphatic imine (C=N–C) groups is 1. The third kappa shape index (κ3) is 5.14. The zero-order valence-corrected chi connectivity index (χ0v) is 19.7. The van der Waals surface area contributed by atoms with E-state index in [0.717, 1.165) is 56.7 Å². The number of nitrogens with two attached hydrogens (primary N) is 1. The Labute approximate surface area is 196 Å². The smallest absolute Gasteiger partial charge is 0.322 e. The number of nitrogen functional groups attached to an aromatic ring is 1. The van der Waals surface area contributed by atoms with Crippen LogP contribution >= 0.6 is 0 Å². The molecule has 0 bridgehead atoms. The molecule has 1 unspecified atom stereocenters. The first kappa shape index (κ1) is 23.1. The molecule has 7 heteroatoms. The number of hydrogen-bond acceptors (Lipinski definition) is 5. The highest BCUT2D eigenvalue weighted by Crippen LogP contribution is 2.39. The number of hydrogen-bond donors (Lipinski definition) is 2. The fraction of sp³-hybridized carbons (Fsp3) is 0.462. The van der Waals surface area contributed by atoms with Crippen LogP contribution < -0.4 is 15.8 Å². The Bertz CT molecular complexity index is 984. The number of nitrogens with one attached hydrogen (secondary N) is 1. The lowest BCUT2D eigenvalue weighted by Crippen LogP contribution is -2.56. The summed E-state index contributed by atoms with van der Waals surface area (Å²) in [5, 5.41) is 3.10. The van der Waals surface area contributed by atoms with Gasteiger partial charge in [-0.2, -0.15) is 0 Å². The summed E-state index contributed by atoms with van der Waals surface area (Å²) in [7, 11) is 0. The van der Waals surface area contributed by atoms with E-state index in [0.29, 0.717) is 18.0 Å². The summed E-state index contributed by atoms with van der Waals surface area (Å²) in [4.78, 5) is 22.4. The molecule has 0 radical (unpaired) electrons. The van der Waals surface area contributed by atoms with Crippen molar-refractivity contribution in [3.63, 3.8) is 0 Å². The van der Waals surface area contributed by atoms with E-state index in [1.165, 1.54) is 0 Å². The van der Waals surface area contributed by atoms with E-state index in [1.807, 2.05) is 61.7 Å². The van der Waals surface area contributed by atoms with Gasteiger partial charge in [0.15, 0.2) is 0 Å². The highest BCUT2D eigenvalue weighted by Gasteiger charge is 2.45. The highest BCUT2D eigenvalue weighted by molar-refractivity contribution is 5.91. The Morgan fingerprint density at radius 3 is 2.64 bits per heavy atom. The summed E-state index contributed by atoms with van der Waals surface area (Å²) in [6, 6.07) is 15.5. The first-order valence-electron chi connectivity index (χ1n) is 12.0. The van der Waals surface area contributed by atoms with Gasteiger partial charge >= 0.3 is 6.03 Å². The first-order valence-corrected chi connectivity index (χ1v) is 12.0. The van der Waals surface area contributed by atoms with E-state index >= 15 is 0 Å². The molecule has 3 N–H and O–H groups in total. The Morgan fingerprint density at radius 2 is 1.88 bits per heavy atom. The molecular weight excluding hydrogens is 414 g/mol. The molecule has 176 valence electrons. The summed E-state index contributed by atoms with van der Waals surface area (Å²) < 4.78 is 5.68. The lowest BCUT2D eigenvalue weighted by molar-refractivity contribution is 0.0727. The Kier molecular flexibility index (Phi) is 7.18. The molecule has 2 aliphatic heterocycles. The minimum Gasteiger partial charge on any atom is -0.492 e. The number of anilines is 2. The van der Waals surface area contributed by atoms with Gasteiger partial charge in [-0.25, -0.2) is 4.79 Å². The van der Waals surface area contributed by atoms with Crippen molar-refractivity contribution in [2.45, 2.75) is 51.1 Å². The standard InChI is InChI=1S/C26H35N5O2/c1-3-33-24-12-7-6-11-23(24)29-25(32)31-16-8-13-26(31)14-17-30(18-15-26)20(2)19-28-22-10-5-4-9-21(22)27/h4-7,9-12,19-20H,3,8,13-18,27H2,1-2H3,(H,29,32). The van der Waals surface area contributed by atoms with Crippen molar-refractivity contribution in [3.05, 3.63) is 48.5 Å². The van der Waals surface area contributed by atoms with Crippen LogP contribution in [0.3, 0.4) is 0 Å². The number of likely N-dealkylation sites (tertiary alicyclic amines) is 2. The van der Waals surface area contributed by atoms with E-state index in [1.54, 1.807) is 0 Å². The average Bonchev–Trinajstić information content (AvgIpc) is 3.23. The minimum absolute atomic E-state index is 0.0257. The number of urea groups is 1. The van der Waals surface area contributed by atoms with Crippen molar-refractivity contribution >= 4 is 29.3 Å². The monoisotopic (exact) mass is 449 g/mol. The fourth-order valence-corrected chi connectivity index (χ4v) is 5.04. The number of amides is 2. The van der Waals surface area contributed by atoms with Crippen LogP contribution in [0.1, 0.15) is 39.5 Å². The summed E-state index contributed by atoms with van der Waals surface area (Å²) >= 11 is 0. The zero-order valence-electron chi connectivity index (χ0n) is 19.7. The van der Waals surface area contributed by atoms with Crippen molar-refractivity contribution in [3.8, 4) is 5.75 Å². The number of carbonyl (C=O) groups is 1. The number of para-hydroxylation sites is 4. The molecule has 2 saturated heterocycles. The summed E-state index contributed by atoms with van der Waals surface area (Å²) in [6.45, 7) is 7.36. The molecule has 2 aliphatic rings. The van der Waals surface area contributed by atoms with Gasteiger partial charge in [0.1, 0.15) is 5.75 Å². The molecule has 2 aromatic rings. The minimum atomic E-state index is -0.0676. The molecule has 33 heavy (non-hydrogen) atoms. The number of carbonyl (C=O) groups excluding carboxylic acids is 1. The maximum atomic E-state index is 13.3. The number of benzene rings is 2. The van der Waals surface area contributed by atoms with E-state index < -0.39 is 0 Å². The molecule has 2 amide bonds. The molecule has 4 rings (SSSR count). The van der Waals surface area contributed by atoms with Gasteiger partial charge in [-0.15, -0.1) is 0 Å². The van der Waals surface area contributed by atoms with Gasteiger partial charge in [0.25, 0.3) is 0 Å². The maximum absolute atomic E-state index is 13.3. The third-order valence-corrected chi connectivity index (χ3v) is 6.94. The first-order chi connectivity index (χ1) is 16.0. The molecule has 0 saturated carbocycles. The Balaban J connectivity index is 1.38. The third-order valence-electron chi connectivity index (χ3n) is 6.94. The molecule has 2 heterocycles. The van der Waals surface area contributed by atoms with Gasteiger partial charge in [0.2, 0.25) is 0 Å². The van der Waals surface area contributed by atoms with E-state index in [-0.39, 0.29) is 17.6 Å². The summed E-state index contributed by atoms with van der Waals surface area (Å²) in [5.74, 6) is 0.712. The second kappa shape index (κ2) is 10.3. The van der Waals surface area contributed by atoms with Crippen LogP contribution in [-0.4, -0.2) is 59.9 Å². The number of ether oxygens (including phenoxy) is 1. The maximum Gasteiger partial charge on any atom is 0.322 e. The number of piperidine rings is 1. The zero-order chi connectivity index (χ0) is 23.3. The van der Waals surface area contributed by atoms with E-state index in [4.69, 9.17) is 10.5 Å². The predicted molar refractivity (Wildman–Crippen MR) is 135 cm³/mol. The van der Waals surface area contributed by atoms with Gasteiger partial charge in [-0.3, -0.25) is 9.89 Å². The van der Waals surface area contributed by atoms with Crippen molar-refractivity contribution in [1.82, 2.24) is 9.80 Å². The molecule has 2 aromatic carbocycles. The normalized spacial score (nSPS) is 19.2. The molecular formula is C26H35N5O2. The van der Waals surface area contributed by atoms with E-state index in [9.17, 15) is 4.79 Å². The largest absolute Gasteiger partial charge is 0.492 e. The SMILES string of the molecule is CCOc1ccccc1NC(=O)N1CCCC12CCN(C(C)C=Nc1ccccc1N)CC2. The quantitative estimate of drug-likeness (QED) is 0.484. The van der Waals surface area contributed by atoms with Crippen molar-refractivity contribution in [2.24, 2.45) is 4.99 Å². The molecule has 7 nitrogen and oxygen atoms in total. The predicted octanol–water partition coefficient (Wildman–Crippen LogP) is 4.92. The van der Waals surface area contributed by atoms with Gasteiger partial charge in [-0.05, 0) is 63.8 Å². The molecule has 2 fully saturated rings. The highest BCUT2D eigenvalue weighted by atomic mass is 16.5. The molecule has 0 aliphatic carbocycles. The van der Waals surface area contributed by atoms with Gasteiger partial charge in [0.05, 0.1) is 23.7 Å². The van der Waals surface area contributed by atoms with Crippen LogP contribution in [0.4, 0.5) is 21.9 Å². The second-order valence-electron chi connectivity index (χ2n) is 8.95. The lowest BCUT2D eigenvalue weighted by atomic mass is 9.84. The Hall–Kier alpha value is -3.06. The van der Waals surface area contributed by atoms with Crippen LogP contribution in [0.2, 0.25) is 0 Å². The topological polar surface area (TPSA) is 83.2 Å². The van der Waals surface area contributed by atoms with Crippen LogP contribution in [0.15, 0.2) is 53.5 Å². The fourth-order valence-electron chi connectivity index (χ4n) is 5.04. The van der Waals surface area contributed by atoms with Crippen molar-refractivity contribution in [1.29, 1.82) is 0 Å². The summed E-state index contributed by atoms with van der Waals surface area (Å²) in [5.41, 5.74) is 8.17. The van der Waals surface area contributed by atoms with Crippen LogP contribution in [0.5, 0.6) is 5.75 Å². The molecule has 1 atom stereocenters. The molecule has 0 aromatic heterocycles. The van der Waals surface area contributed by atoms with Gasteiger partial charge < -0.3 is 20.7 Å².